The van der Waals surface area contributed by atoms with Crippen LogP contribution in [0.4, 0.5) is 11.4 Å². The van der Waals surface area contributed by atoms with Crippen molar-refractivity contribution in [2.24, 2.45) is 0 Å². The Morgan fingerprint density at radius 2 is 1.97 bits per heavy atom. The molecule has 0 saturated carbocycles. The van der Waals surface area contributed by atoms with Crippen LogP contribution < -0.4 is 14.4 Å². The molecule has 0 spiro atoms. The minimum absolute atomic E-state index is 0.0886. The lowest BCUT2D eigenvalue weighted by Crippen LogP contribution is -2.59. The van der Waals surface area contributed by atoms with Crippen molar-refractivity contribution in [2.45, 2.75) is 30.2 Å². The van der Waals surface area contributed by atoms with Gasteiger partial charge in [-0.15, -0.1) is 0 Å². The van der Waals surface area contributed by atoms with Gasteiger partial charge in [0, 0.05) is 29.8 Å². The number of hydrogen-bond acceptors (Lipinski definition) is 9. The number of hydrogen-bond donors (Lipinski definition) is 2. The van der Waals surface area contributed by atoms with E-state index in [-0.39, 0.29) is 40.1 Å². The molecule has 2 N–H and O–H groups in total. The zero-order valence-electron chi connectivity index (χ0n) is 16.8. The molecule has 0 radical (unpaired) electrons. The van der Waals surface area contributed by atoms with Crippen LogP contribution in [-0.2, 0) is 14.9 Å². The normalized spacial score (nSPS) is 26.7. The minimum atomic E-state index is -4.84. The third kappa shape index (κ3) is 3.63. The lowest BCUT2D eigenvalue weighted by Gasteiger charge is -2.47. The molecule has 2 aromatic carbocycles. The first-order valence-electron chi connectivity index (χ1n) is 9.31. The highest BCUT2D eigenvalue weighted by Gasteiger charge is 2.54. The van der Waals surface area contributed by atoms with Crippen molar-refractivity contribution in [3.05, 3.63) is 57.1 Å². The molecule has 13 heteroatoms. The van der Waals surface area contributed by atoms with Gasteiger partial charge in [-0.05, 0) is 31.2 Å². The second-order valence-corrected chi connectivity index (χ2v) is 9.55. The third-order valence-electron chi connectivity index (χ3n) is 5.43. The van der Waals surface area contributed by atoms with Crippen LogP contribution in [0.2, 0.25) is 5.02 Å². The molecule has 0 amide bonds. The van der Waals surface area contributed by atoms with Crippen molar-refractivity contribution in [1.29, 1.82) is 0 Å². The van der Waals surface area contributed by atoms with Crippen molar-refractivity contribution in [3.63, 3.8) is 0 Å². The molecule has 4 unspecified atom stereocenters. The second kappa shape index (κ2) is 7.74. The molecule has 0 aliphatic carbocycles. The van der Waals surface area contributed by atoms with Crippen LogP contribution in [0, 0.1) is 10.1 Å². The van der Waals surface area contributed by atoms with Crippen molar-refractivity contribution >= 4 is 33.1 Å². The molecule has 2 heterocycles. The topological polar surface area (TPSA) is 149 Å². The Morgan fingerprint density at radius 3 is 2.59 bits per heavy atom. The third-order valence-corrected chi connectivity index (χ3v) is 6.50. The highest BCUT2D eigenvalue weighted by molar-refractivity contribution is 7.86. The number of aliphatic hydroxyl groups excluding tert-OH is 1. The van der Waals surface area contributed by atoms with Gasteiger partial charge in [0.1, 0.15) is 17.6 Å². The summed E-state index contributed by atoms with van der Waals surface area (Å²) >= 11 is 6.11. The van der Waals surface area contributed by atoms with Crippen LogP contribution in [0.1, 0.15) is 18.5 Å². The fraction of sp³-hybridized carbons (Fsp3) is 0.368. The van der Waals surface area contributed by atoms with E-state index in [1.807, 2.05) is 0 Å². The van der Waals surface area contributed by atoms with Gasteiger partial charge in [-0.25, -0.2) is 0 Å². The number of halogens is 1. The largest absolute Gasteiger partial charge is 0.482 e. The molecule has 172 valence electrons. The van der Waals surface area contributed by atoms with E-state index in [0.29, 0.717) is 0 Å². The van der Waals surface area contributed by atoms with E-state index >= 15 is 0 Å². The first-order valence-corrected chi connectivity index (χ1v) is 11.2. The summed E-state index contributed by atoms with van der Waals surface area (Å²) in [5.74, 6) is 0.270. The first kappa shape index (κ1) is 22.6. The molecule has 32 heavy (non-hydrogen) atoms. The Morgan fingerprint density at radius 1 is 1.28 bits per heavy atom. The van der Waals surface area contributed by atoms with Gasteiger partial charge < -0.3 is 24.2 Å². The van der Waals surface area contributed by atoms with E-state index in [9.17, 15) is 28.2 Å². The Kier molecular flexibility index (Phi) is 5.46. The Hall–Kier alpha value is -2.64. The van der Waals surface area contributed by atoms with E-state index in [0.717, 1.165) is 4.90 Å². The van der Waals surface area contributed by atoms with Crippen LogP contribution in [0.25, 0.3) is 0 Å². The summed E-state index contributed by atoms with van der Waals surface area (Å²) in [6.45, 7) is 1.46. The fourth-order valence-corrected chi connectivity index (χ4v) is 4.97. The van der Waals surface area contributed by atoms with Gasteiger partial charge in [0.15, 0.2) is 5.60 Å². The highest BCUT2D eigenvalue weighted by Crippen LogP contribution is 2.51. The summed E-state index contributed by atoms with van der Waals surface area (Å²) in [6, 6.07) is 6.83. The lowest BCUT2D eigenvalue weighted by atomic mass is 9.84. The number of nitro benzene ring substituents is 1. The molecule has 0 aromatic heterocycles. The fourth-order valence-electron chi connectivity index (χ4n) is 4.05. The first-order chi connectivity index (χ1) is 15.0. The SMILES string of the molecule is COCC1(C)Oc2ccc([N+](=O)[O-])cc2C(N2c3cc(Cl)ccc3OC2S(=O)(=O)O)C1O. The highest BCUT2D eigenvalue weighted by atomic mass is 35.5. The number of aliphatic hydroxyl groups is 1. The molecule has 4 rings (SSSR count). The smallest absolute Gasteiger partial charge is 0.324 e. The van der Waals surface area contributed by atoms with Gasteiger partial charge in [-0.3, -0.25) is 14.7 Å². The van der Waals surface area contributed by atoms with Gasteiger partial charge in [0.05, 0.1) is 23.3 Å². The van der Waals surface area contributed by atoms with Gasteiger partial charge in [-0.1, -0.05) is 11.6 Å². The number of nitrogens with zero attached hydrogens (tertiary/aromatic N) is 2. The molecule has 0 fully saturated rings. The number of benzene rings is 2. The lowest BCUT2D eigenvalue weighted by molar-refractivity contribution is -0.385. The number of fused-ring (bicyclic) bond motifs is 2. The van der Waals surface area contributed by atoms with E-state index < -0.39 is 38.3 Å². The van der Waals surface area contributed by atoms with Crippen LogP contribution in [0.3, 0.4) is 0 Å². The summed E-state index contributed by atoms with van der Waals surface area (Å²) in [6.07, 6.45) is -1.46. The molecule has 4 atom stereocenters. The molecular formula is C19H19ClN2O9S. The van der Waals surface area contributed by atoms with Gasteiger partial charge >= 0.3 is 15.7 Å². The number of non-ortho nitro benzene ring substituents is 1. The standard InChI is InChI=1S/C19H19ClN2O9S/c1-19(9-29-2)17(23)16(12-8-11(22(24)25)4-6-14(12)31-19)21-13-7-10(20)3-5-15(13)30-18(21)32(26,27)28/h3-8,16-18,23H,9H2,1-2H3,(H,26,27,28). The zero-order valence-corrected chi connectivity index (χ0v) is 18.4. The van der Waals surface area contributed by atoms with Crippen molar-refractivity contribution < 1.29 is 37.2 Å². The van der Waals surface area contributed by atoms with E-state index in [1.165, 1.54) is 43.5 Å². The van der Waals surface area contributed by atoms with Crippen molar-refractivity contribution in [2.75, 3.05) is 18.6 Å². The minimum Gasteiger partial charge on any atom is -0.482 e. The summed E-state index contributed by atoms with van der Waals surface area (Å²) in [5, 5.41) is 23.0. The van der Waals surface area contributed by atoms with Crippen molar-refractivity contribution in [3.8, 4) is 11.5 Å². The molecule has 0 saturated heterocycles. The molecule has 0 bridgehead atoms. The second-order valence-electron chi connectivity index (χ2n) is 7.68. The maximum Gasteiger partial charge on any atom is 0.324 e. The van der Waals surface area contributed by atoms with E-state index in [1.54, 1.807) is 6.92 Å². The van der Waals surface area contributed by atoms with Gasteiger partial charge in [-0.2, -0.15) is 8.42 Å². The maximum atomic E-state index is 12.2. The van der Waals surface area contributed by atoms with E-state index in [4.69, 9.17) is 25.8 Å². The van der Waals surface area contributed by atoms with E-state index in [2.05, 4.69) is 0 Å². The Labute approximate surface area is 188 Å². The Balaban J connectivity index is 1.98. The quantitative estimate of drug-likeness (QED) is 0.366. The van der Waals surface area contributed by atoms with Crippen LogP contribution in [-0.4, -0.2) is 54.0 Å². The monoisotopic (exact) mass is 486 g/mol. The molecular weight excluding hydrogens is 468 g/mol. The molecule has 2 aromatic rings. The average molecular weight is 487 g/mol. The van der Waals surface area contributed by atoms with Crippen LogP contribution in [0.5, 0.6) is 11.5 Å². The zero-order chi connectivity index (χ0) is 23.4. The maximum absolute atomic E-state index is 12.2. The van der Waals surface area contributed by atoms with Gasteiger partial charge in [0.2, 0.25) is 0 Å². The predicted octanol–water partition coefficient (Wildman–Crippen LogP) is 2.52. The van der Waals surface area contributed by atoms with Crippen molar-refractivity contribution in [1.82, 2.24) is 0 Å². The van der Waals surface area contributed by atoms with Crippen LogP contribution in [0.15, 0.2) is 36.4 Å². The molecule has 2 aliphatic rings. The summed E-state index contributed by atoms with van der Waals surface area (Å²) < 4.78 is 51.0. The summed E-state index contributed by atoms with van der Waals surface area (Å²) in [5.41, 5.74) is -3.30. The summed E-state index contributed by atoms with van der Waals surface area (Å²) in [4.78, 5) is 11.9. The number of anilines is 1. The number of nitro groups is 1. The summed E-state index contributed by atoms with van der Waals surface area (Å²) in [7, 11) is -3.44. The van der Waals surface area contributed by atoms with Crippen LogP contribution >= 0.6 is 11.6 Å². The molecule has 11 nitrogen and oxygen atoms in total. The number of rotatable bonds is 5. The number of methoxy groups -OCH3 is 1. The van der Waals surface area contributed by atoms with Gasteiger partial charge in [0.25, 0.3) is 5.69 Å². The Bertz CT molecular complexity index is 1190. The average Bonchev–Trinajstić information content (AvgIpc) is 3.07. The molecule has 2 aliphatic heterocycles. The number of ether oxygens (including phenoxy) is 3. The predicted molar refractivity (Wildman–Crippen MR) is 113 cm³/mol.